The molecule has 1 aromatic heterocycles. The van der Waals surface area contributed by atoms with E-state index in [1.807, 2.05) is 6.07 Å². The molecule has 0 bridgehead atoms. The predicted molar refractivity (Wildman–Crippen MR) is 78.9 cm³/mol. The second kappa shape index (κ2) is 5.91. The van der Waals surface area contributed by atoms with Crippen molar-refractivity contribution < 1.29 is 8.42 Å². The van der Waals surface area contributed by atoms with Gasteiger partial charge in [0, 0.05) is 30.6 Å². The molecule has 1 N–H and O–H groups in total. The lowest BCUT2D eigenvalue weighted by Gasteiger charge is -2.33. The quantitative estimate of drug-likeness (QED) is 0.878. The minimum atomic E-state index is -3.29. The van der Waals surface area contributed by atoms with Crippen LogP contribution in [0, 0.1) is 0 Å². The second-order valence-electron chi connectivity index (χ2n) is 5.36. The minimum Gasteiger partial charge on any atom is -0.310 e. The maximum atomic E-state index is 12.4. The summed E-state index contributed by atoms with van der Waals surface area (Å²) in [6.45, 7) is 4.89. The van der Waals surface area contributed by atoms with E-state index < -0.39 is 10.0 Å². The van der Waals surface area contributed by atoms with Crippen molar-refractivity contribution in [1.82, 2.24) is 9.62 Å². The van der Waals surface area contributed by atoms with Gasteiger partial charge in [-0.05, 0) is 25.0 Å². The Balaban J connectivity index is 2.08. The van der Waals surface area contributed by atoms with Gasteiger partial charge in [-0.25, -0.2) is 8.42 Å². The summed E-state index contributed by atoms with van der Waals surface area (Å²) in [7, 11) is -1.59. The summed E-state index contributed by atoms with van der Waals surface area (Å²) in [6, 6.07) is 4.23. The number of hydrogen-bond donors (Lipinski definition) is 1. The van der Waals surface area contributed by atoms with E-state index in [0.717, 1.165) is 30.7 Å². The average Bonchev–Trinajstić information content (AvgIpc) is 2.72. The molecule has 6 heteroatoms. The van der Waals surface area contributed by atoms with Crippen LogP contribution in [0.1, 0.15) is 38.0 Å². The lowest BCUT2D eigenvalue weighted by Crippen LogP contribution is -2.40. The number of thiophene rings is 1. The molecule has 2 rings (SSSR count). The normalized spacial score (nSPS) is 17.1. The Morgan fingerprint density at radius 1 is 1.42 bits per heavy atom. The molecule has 0 aliphatic heterocycles. The molecule has 0 aromatic carbocycles. The largest absolute Gasteiger partial charge is 0.310 e. The summed E-state index contributed by atoms with van der Waals surface area (Å²) in [5.41, 5.74) is 0. The Bertz CT molecular complexity index is 519. The highest BCUT2D eigenvalue weighted by molar-refractivity contribution is 7.91. The van der Waals surface area contributed by atoms with Gasteiger partial charge in [-0.2, -0.15) is 4.31 Å². The van der Waals surface area contributed by atoms with Crippen LogP contribution in [0.3, 0.4) is 0 Å². The number of rotatable bonds is 6. The van der Waals surface area contributed by atoms with Gasteiger partial charge in [0.05, 0.1) is 0 Å². The number of sulfonamides is 1. The third-order valence-electron chi connectivity index (χ3n) is 3.54. The van der Waals surface area contributed by atoms with Crippen LogP contribution in [0.5, 0.6) is 0 Å². The molecule has 0 unspecified atom stereocenters. The topological polar surface area (TPSA) is 49.4 Å². The zero-order chi connectivity index (χ0) is 14.0. The van der Waals surface area contributed by atoms with Gasteiger partial charge in [-0.15, -0.1) is 11.3 Å². The summed E-state index contributed by atoms with van der Waals surface area (Å²) in [5.74, 6) is 0. The predicted octanol–water partition coefficient (Wildman–Crippen LogP) is 2.42. The van der Waals surface area contributed by atoms with Gasteiger partial charge in [0.2, 0.25) is 0 Å². The van der Waals surface area contributed by atoms with Crippen LogP contribution < -0.4 is 5.32 Å². The molecule has 1 saturated carbocycles. The molecule has 1 aromatic rings. The Kier molecular flexibility index (Phi) is 4.66. The molecule has 108 valence electrons. The van der Waals surface area contributed by atoms with Gasteiger partial charge in [-0.3, -0.25) is 0 Å². The smallest absolute Gasteiger partial charge is 0.252 e. The Morgan fingerprint density at radius 3 is 2.63 bits per heavy atom. The highest BCUT2D eigenvalue weighted by Crippen LogP contribution is 2.31. The van der Waals surface area contributed by atoms with Crippen molar-refractivity contribution in [3.8, 4) is 0 Å². The fourth-order valence-electron chi connectivity index (χ4n) is 1.99. The van der Waals surface area contributed by atoms with Crippen molar-refractivity contribution in [2.45, 2.75) is 55.9 Å². The summed E-state index contributed by atoms with van der Waals surface area (Å²) < 4.78 is 26.9. The van der Waals surface area contributed by atoms with E-state index in [1.165, 1.54) is 11.3 Å². The van der Waals surface area contributed by atoms with E-state index in [9.17, 15) is 8.42 Å². The molecule has 4 nitrogen and oxygen atoms in total. The molecule has 19 heavy (non-hydrogen) atoms. The van der Waals surface area contributed by atoms with Gasteiger partial charge >= 0.3 is 0 Å². The fraction of sp³-hybridized carbons (Fsp3) is 0.692. The molecule has 1 aliphatic carbocycles. The molecule has 0 spiro atoms. The monoisotopic (exact) mass is 302 g/mol. The first-order valence-electron chi connectivity index (χ1n) is 6.71. The fourth-order valence-corrected chi connectivity index (χ4v) is 4.89. The number of hydrogen-bond acceptors (Lipinski definition) is 4. The van der Waals surface area contributed by atoms with E-state index in [4.69, 9.17) is 0 Å². The van der Waals surface area contributed by atoms with Crippen molar-refractivity contribution in [2.24, 2.45) is 0 Å². The van der Waals surface area contributed by atoms with Crippen LogP contribution >= 0.6 is 11.3 Å². The van der Waals surface area contributed by atoms with Crippen LogP contribution in [-0.4, -0.2) is 31.9 Å². The Labute approximate surface area is 119 Å². The van der Waals surface area contributed by atoms with Crippen LogP contribution in [0.15, 0.2) is 16.3 Å². The molecular weight excluding hydrogens is 280 g/mol. The molecular formula is C13H22N2O2S2. The van der Waals surface area contributed by atoms with Crippen molar-refractivity contribution >= 4 is 21.4 Å². The van der Waals surface area contributed by atoms with Gasteiger partial charge < -0.3 is 5.32 Å². The average molecular weight is 302 g/mol. The molecule has 1 fully saturated rings. The van der Waals surface area contributed by atoms with E-state index in [2.05, 4.69) is 19.2 Å². The second-order valence-corrected chi connectivity index (χ2v) is 8.75. The third kappa shape index (κ3) is 3.37. The van der Waals surface area contributed by atoms with E-state index in [-0.39, 0.29) is 6.04 Å². The lowest BCUT2D eigenvalue weighted by atomic mass is 9.94. The zero-order valence-electron chi connectivity index (χ0n) is 11.7. The van der Waals surface area contributed by atoms with E-state index >= 15 is 0 Å². The standard InChI is InChI=1S/C13H22N2O2S2/c1-10(2)14-9-12-7-8-13(18-12)19(16,17)15(3)11-5-4-6-11/h7-8,10-11,14H,4-6,9H2,1-3H3. The van der Waals surface area contributed by atoms with Gasteiger partial charge in [0.1, 0.15) is 4.21 Å². The van der Waals surface area contributed by atoms with Crippen molar-refractivity contribution in [3.05, 3.63) is 17.0 Å². The van der Waals surface area contributed by atoms with E-state index in [1.54, 1.807) is 17.4 Å². The Morgan fingerprint density at radius 2 is 2.11 bits per heavy atom. The molecule has 0 atom stereocenters. The molecule has 0 radical (unpaired) electrons. The van der Waals surface area contributed by atoms with Crippen LogP contribution in [-0.2, 0) is 16.6 Å². The first-order valence-corrected chi connectivity index (χ1v) is 8.97. The van der Waals surface area contributed by atoms with Crippen LogP contribution in [0.4, 0.5) is 0 Å². The third-order valence-corrected chi connectivity index (χ3v) is 7.01. The molecule has 1 aliphatic rings. The molecule has 0 amide bonds. The first kappa shape index (κ1) is 15.0. The van der Waals surface area contributed by atoms with Crippen LogP contribution in [0.2, 0.25) is 0 Å². The van der Waals surface area contributed by atoms with Crippen molar-refractivity contribution in [2.75, 3.05) is 7.05 Å². The Hall–Kier alpha value is -0.430. The highest BCUT2D eigenvalue weighted by atomic mass is 32.2. The van der Waals surface area contributed by atoms with Crippen LogP contribution in [0.25, 0.3) is 0 Å². The summed E-state index contributed by atoms with van der Waals surface area (Å²) >= 11 is 1.37. The van der Waals surface area contributed by atoms with E-state index in [0.29, 0.717) is 10.3 Å². The summed E-state index contributed by atoms with van der Waals surface area (Å²) in [6.07, 6.45) is 3.12. The maximum absolute atomic E-state index is 12.4. The van der Waals surface area contributed by atoms with Gasteiger partial charge in [-0.1, -0.05) is 20.3 Å². The minimum absolute atomic E-state index is 0.198. The zero-order valence-corrected chi connectivity index (χ0v) is 13.4. The summed E-state index contributed by atoms with van der Waals surface area (Å²) in [4.78, 5) is 1.06. The summed E-state index contributed by atoms with van der Waals surface area (Å²) in [5, 5.41) is 3.30. The molecule has 0 saturated heterocycles. The van der Waals surface area contributed by atoms with Crippen molar-refractivity contribution in [1.29, 1.82) is 0 Å². The molecule has 1 heterocycles. The number of nitrogens with one attached hydrogen (secondary N) is 1. The maximum Gasteiger partial charge on any atom is 0.252 e. The first-order chi connectivity index (χ1) is 8.91. The highest BCUT2D eigenvalue weighted by Gasteiger charge is 2.32. The number of nitrogens with zero attached hydrogens (tertiary/aromatic N) is 1. The van der Waals surface area contributed by atoms with Gasteiger partial charge in [0.15, 0.2) is 0 Å². The SMILES string of the molecule is CC(C)NCc1ccc(S(=O)(=O)N(C)C2CCC2)s1. The van der Waals surface area contributed by atoms with Crippen molar-refractivity contribution in [3.63, 3.8) is 0 Å². The van der Waals surface area contributed by atoms with Gasteiger partial charge in [0.25, 0.3) is 10.0 Å². The lowest BCUT2D eigenvalue weighted by molar-refractivity contribution is 0.250.